The van der Waals surface area contributed by atoms with Crippen LogP contribution < -0.4 is 5.32 Å². The molecule has 5 heteroatoms. The maximum absolute atomic E-state index is 12.7. The van der Waals surface area contributed by atoms with E-state index in [0.29, 0.717) is 0 Å². The molecular weight excluding hydrogens is 259 g/mol. The van der Waals surface area contributed by atoms with Crippen LogP contribution in [0.15, 0.2) is 18.2 Å². The molecule has 1 nitrogen and oxygen atoms in total. The molecule has 3 rings (SSSR count). The van der Waals surface area contributed by atoms with Crippen molar-refractivity contribution in [2.45, 2.75) is 31.4 Å². The summed E-state index contributed by atoms with van der Waals surface area (Å²) in [4.78, 5) is 0.782. The Labute approximate surface area is 108 Å². The summed E-state index contributed by atoms with van der Waals surface area (Å²) in [5.74, 6) is 0.382. The van der Waals surface area contributed by atoms with Crippen LogP contribution >= 0.6 is 12.2 Å². The number of fused-ring (bicyclic) bond motifs is 3. The van der Waals surface area contributed by atoms with Crippen molar-refractivity contribution in [1.82, 2.24) is 0 Å². The van der Waals surface area contributed by atoms with Gasteiger partial charge in [0.25, 0.3) is 0 Å². The minimum Gasteiger partial charge on any atom is -0.350 e. The fraction of sp³-hybridized carbons (Fsp3) is 0.462. The van der Waals surface area contributed by atoms with Gasteiger partial charge < -0.3 is 5.32 Å². The van der Waals surface area contributed by atoms with Gasteiger partial charge in [0.05, 0.1) is 10.6 Å². The van der Waals surface area contributed by atoms with Crippen molar-refractivity contribution in [3.8, 4) is 0 Å². The molecule has 0 radical (unpaired) electrons. The summed E-state index contributed by atoms with van der Waals surface area (Å²) in [7, 11) is 0. The fourth-order valence-corrected chi connectivity index (χ4v) is 3.42. The first-order valence-corrected chi connectivity index (χ1v) is 6.39. The molecule has 1 fully saturated rings. The van der Waals surface area contributed by atoms with Gasteiger partial charge in [0.1, 0.15) is 0 Å². The smallest absolute Gasteiger partial charge is 0.350 e. The number of benzene rings is 1. The quantitative estimate of drug-likeness (QED) is 0.704. The van der Waals surface area contributed by atoms with Crippen molar-refractivity contribution < 1.29 is 13.2 Å². The van der Waals surface area contributed by atoms with Gasteiger partial charge in [-0.25, -0.2) is 0 Å². The third-order valence-corrected chi connectivity index (χ3v) is 4.29. The highest BCUT2D eigenvalue weighted by Crippen LogP contribution is 2.47. The van der Waals surface area contributed by atoms with Crippen molar-refractivity contribution >= 4 is 22.9 Å². The Balaban J connectivity index is 2.08. The summed E-state index contributed by atoms with van der Waals surface area (Å²) in [6, 6.07) is 3.90. The van der Waals surface area contributed by atoms with Gasteiger partial charge in [0, 0.05) is 11.6 Å². The lowest BCUT2D eigenvalue weighted by molar-refractivity contribution is -0.137. The Kier molecular flexibility index (Phi) is 2.62. The Morgan fingerprint density at radius 1 is 1.17 bits per heavy atom. The van der Waals surface area contributed by atoms with Gasteiger partial charge in [-0.2, -0.15) is 13.2 Å². The van der Waals surface area contributed by atoms with Gasteiger partial charge in [0.15, 0.2) is 0 Å². The molecule has 96 valence electrons. The molecule has 0 bridgehead atoms. The first-order valence-electron chi connectivity index (χ1n) is 5.99. The van der Waals surface area contributed by atoms with Gasteiger partial charge in [-0.15, -0.1) is 0 Å². The second kappa shape index (κ2) is 3.95. The van der Waals surface area contributed by atoms with Gasteiger partial charge in [-0.3, -0.25) is 0 Å². The summed E-state index contributed by atoms with van der Waals surface area (Å²) < 4.78 is 38.2. The number of hydrogen-bond donors (Lipinski definition) is 1. The van der Waals surface area contributed by atoms with E-state index in [-0.39, 0.29) is 11.8 Å². The van der Waals surface area contributed by atoms with E-state index in [9.17, 15) is 13.2 Å². The highest BCUT2D eigenvalue weighted by molar-refractivity contribution is 7.80. The molecule has 0 spiro atoms. The van der Waals surface area contributed by atoms with Crippen LogP contribution in [0.3, 0.4) is 0 Å². The molecule has 1 aliphatic carbocycles. The highest BCUT2D eigenvalue weighted by atomic mass is 32.1. The standard InChI is InChI=1S/C13H12F3NS/c14-13(15,16)7-4-5-11-10(6-7)8-2-1-3-9(8)12(18)17-11/h4-6,8-9H,1-3H2,(H,17,18). The zero-order valence-corrected chi connectivity index (χ0v) is 10.4. The molecule has 0 aromatic heterocycles. The third-order valence-electron chi connectivity index (χ3n) is 3.89. The number of anilines is 1. The van der Waals surface area contributed by atoms with E-state index < -0.39 is 11.7 Å². The van der Waals surface area contributed by atoms with Crippen molar-refractivity contribution in [3.05, 3.63) is 29.3 Å². The molecule has 1 saturated carbocycles. The molecule has 0 amide bonds. The number of nitrogens with one attached hydrogen (secondary N) is 1. The van der Waals surface area contributed by atoms with Gasteiger partial charge in [-0.05, 0) is 42.5 Å². The van der Waals surface area contributed by atoms with Gasteiger partial charge in [-0.1, -0.05) is 18.6 Å². The highest BCUT2D eigenvalue weighted by Gasteiger charge is 2.39. The predicted octanol–water partition coefficient (Wildman–Crippen LogP) is 4.34. The Hall–Kier alpha value is -1.10. The summed E-state index contributed by atoms with van der Waals surface area (Å²) >= 11 is 5.29. The van der Waals surface area contributed by atoms with Crippen LogP contribution in [-0.2, 0) is 6.18 Å². The minimum atomic E-state index is -4.28. The van der Waals surface area contributed by atoms with E-state index in [0.717, 1.165) is 41.6 Å². The largest absolute Gasteiger partial charge is 0.416 e. The summed E-state index contributed by atoms with van der Waals surface area (Å²) in [5.41, 5.74) is 0.957. The zero-order chi connectivity index (χ0) is 12.9. The number of alkyl halides is 3. The summed E-state index contributed by atoms with van der Waals surface area (Å²) in [5, 5.41) is 3.07. The van der Waals surface area contributed by atoms with Crippen LogP contribution in [0, 0.1) is 5.92 Å². The average molecular weight is 271 g/mol. The Morgan fingerprint density at radius 3 is 2.61 bits per heavy atom. The van der Waals surface area contributed by atoms with Crippen molar-refractivity contribution in [2.24, 2.45) is 5.92 Å². The van der Waals surface area contributed by atoms with Crippen LogP contribution in [0.25, 0.3) is 0 Å². The molecule has 1 aromatic rings. The molecule has 1 N–H and O–H groups in total. The summed E-state index contributed by atoms with van der Waals surface area (Å²) in [6.45, 7) is 0. The molecule has 18 heavy (non-hydrogen) atoms. The molecule has 1 aromatic carbocycles. The lowest BCUT2D eigenvalue weighted by Gasteiger charge is -2.30. The second-order valence-corrected chi connectivity index (χ2v) is 5.37. The maximum Gasteiger partial charge on any atom is 0.416 e. The van der Waals surface area contributed by atoms with Crippen LogP contribution in [0.1, 0.15) is 36.3 Å². The maximum atomic E-state index is 12.7. The van der Waals surface area contributed by atoms with Crippen LogP contribution in [0.2, 0.25) is 0 Å². The fourth-order valence-electron chi connectivity index (χ4n) is 3.03. The first kappa shape index (κ1) is 12.0. The van der Waals surface area contributed by atoms with Crippen molar-refractivity contribution in [3.63, 3.8) is 0 Å². The molecule has 2 atom stereocenters. The van der Waals surface area contributed by atoms with Crippen molar-refractivity contribution in [2.75, 3.05) is 5.32 Å². The molecule has 1 aliphatic heterocycles. The molecule has 0 saturated heterocycles. The zero-order valence-electron chi connectivity index (χ0n) is 9.55. The third kappa shape index (κ3) is 1.81. The van der Waals surface area contributed by atoms with E-state index in [1.165, 1.54) is 12.1 Å². The lowest BCUT2D eigenvalue weighted by Crippen LogP contribution is -2.29. The SMILES string of the molecule is FC(F)(F)c1ccc2c(c1)C1CCCC1C(=S)N2. The number of halogens is 3. The van der Waals surface area contributed by atoms with Crippen LogP contribution in [0.4, 0.5) is 18.9 Å². The Morgan fingerprint density at radius 2 is 1.89 bits per heavy atom. The van der Waals surface area contributed by atoms with E-state index in [1.54, 1.807) is 0 Å². The molecular formula is C13H12F3NS. The molecule has 2 aliphatic rings. The summed E-state index contributed by atoms with van der Waals surface area (Å²) in [6.07, 6.45) is -1.33. The monoisotopic (exact) mass is 271 g/mol. The van der Waals surface area contributed by atoms with E-state index in [2.05, 4.69) is 5.32 Å². The molecule has 1 heterocycles. The lowest BCUT2D eigenvalue weighted by atomic mass is 9.84. The van der Waals surface area contributed by atoms with Gasteiger partial charge in [0.2, 0.25) is 0 Å². The first-order chi connectivity index (χ1) is 8.47. The number of hydrogen-bond acceptors (Lipinski definition) is 1. The second-order valence-electron chi connectivity index (χ2n) is 4.93. The normalized spacial score (nSPS) is 26.5. The molecule has 2 unspecified atom stereocenters. The topological polar surface area (TPSA) is 12.0 Å². The van der Waals surface area contributed by atoms with E-state index in [4.69, 9.17) is 12.2 Å². The van der Waals surface area contributed by atoms with Crippen molar-refractivity contribution in [1.29, 1.82) is 0 Å². The van der Waals surface area contributed by atoms with Crippen LogP contribution in [0.5, 0.6) is 0 Å². The number of thiocarbonyl (C=S) groups is 1. The van der Waals surface area contributed by atoms with E-state index in [1.807, 2.05) is 0 Å². The average Bonchev–Trinajstić information content (AvgIpc) is 2.77. The predicted molar refractivity (Wildman–Crippen MR) is 67.7 cm³/mol. The minimum absolute atomic E-state index is 0.163. The Bertz CT molecular complexity index is 509. The van der Waals surface area contributed by atoms with Gasteiger partial charge >= 0.3 is 6.18 Å². The van der Waals surface area contributed by atoms with Crippen LogP contribution in [-0.4, -0.2) is 4.99 Å². The van der Waals surface area contributed by atoms with E-state index >= 15 is 0 Å². The number of rotatable bonds is 0.